The van der Waals surface area contributed by atoms with Crippen molar-refractivity contribution in [3.8, 4) is 0 Å². The minimum absolute atomic E-state index is 0.199. The molecule has 1 N–H and O–H groups in total. The summed E-state index contributed by atoms with van der Waals surface area (Å²) in [5, 5.41) is 12.5. The highest BCUT2D eigenvalue weighted by molar-refractivity contribution is 5.99. The molecule has 0 aliphatic carbocycles. The molecule has 1 aromatic heterocycles. The number of amides is 1. The van der Waals surface area contributed by atoms with E-state index in [2.05, 4.69) is 5.10 Å². The van der Waals surface area contributed by atoms with Gasteiger partial charge in [0.05, 0.1) is 23.5 Å². The second-order valence-corrected chi connectivity index (χ2v) is 4.91. The summed E-state index contributed by atoms with van der Waals surface area (Å²) < 4.78 is 78.6. The van der Waals surface area contributed by atoms with E-state index in [9.17, 15) is 35.9 Å². The second-order valence-electron chi connectivity index (χ2n) is 4.91. The number of rotatable bonds is 1. The van der Waals surface area contributed by atoms with Gasteiger partial charge in [-0.15, -0.1) is 0 Å². The van der Waals surface area contributed by atoms with E-state index >= 15 is 0 Å². The molecule has 0 aromatic carbocycles. The molecule has 0 spiro atoms. The third kappa shape index (κ3) is 2.84. The number of hydrogen-bond donors (Lipinski definition) is 1. The van der Waals surface area contributed by atoms with Gasteiger partial charge in [-0.05, 0) is 0 Å². The smallest absolute Gasteiger partial charge is 0.471 e. The molecule has 1 aromatic rings. The van der Waals surface area contributed by atoms with Gasteiger partial charge < -0.3 is 5.11 Å². The SMILES string of the molecule is Cn1ncc2c1C[C@H](C(=O)O)[C@@H](C(F)(F)F)N2C(=O)C(F)(F)F. The minimum Gasteiger partial charge on any atom is -0.481 e. The number of aryl methyl sites for hydroxylation is 1. The number of halogens is 6. The normalized spacial score (nSPS) is 22.0. The Morgan fingerprint density at radius 3 is 2.26 bits per heavy atom. The van der Waals surface area contributed by atoms with Gasteiger partial charge in [0.1, 0.15) is 6.04 Å². The third-order valence-corrected chi connectivity index (χ3v) is 3.49. The maximum atomic E-state index is 13.2. The Labute approximate surface area is 124 Å². The van der Waals surface area contributed by atoms with Crippen molar-refractivity contribution in [1.82, 2.24) is 9.78 Å². The zero-order chi connectivity index (χ0) is 17.7. The molecular weight excluding hydrogens is 336 g/mol. The van der Waals surface area contributed by atoms with Gasteiger partial charge in [-0.1, -0.05) is 0 Å². The van der Waals surface area contributed by atoms with Gasteiger partial charge in [-0.25, -0.2) is 0 Å². The van der Waals surface area contributed by atoms with Gasteiger partial charge in [0.2, 0.25) is 0 Å². The van der Waals surface area contributed by atoms with E-state index in [0.717, 1.165) is 4.68 Å². The van der Waals surface area contributed by atoms with Crippen LogP contribution < -0.4 is 4.90 Å². The van der Waals surface area contributed by atoms with Crippen LogP contribution in [0, 0.1) is 5.92 Å². The zero-order valence-electron chi connectivity index (χ0n) is 11.3. The van der Waals surface area contributed by atoms with Crippen molar-refractivity contribution in [1.29, 1.82) is 0 Å². The van der Waals surface area contributed by atoms with Crippen LogP contribution in [0.4, 0.5) is 32.0 Å². The number of carboxylic acid groups (broad SMARTS) is 1. The highest BCUT2D eigenvalue weighted by Gasteiger charge is 2.60. The van der Waals surface area contributed by atoms with Gasteiger partial charge in [0.25, 0.3) is 0 Å². The Morgan fingerprint density at radius 2 is 1.83 bits per heavy atom. The predicted octanol–water partition coefficient (Wildman–Crippen LogP) is 1.50. The summed E-state index contributed by atoms with van der Waals surface area (Å²) in [5.41, 5.74) is -0.898. The van der Waals surface area contributed by atoms with Gasteiger partial charge in [-0.3, -0.25) is 19.2 Å². The molecule has 12 heteroatoms. The molecule has 0 unspecified atom stereocenters. The number of carboxylic acids is 1. The number of anilines is 1. The molecule has 2 heterocycles. The Kier molecular flexibility index (Phi) is 3.81. The van der Waals surface area contributed by atoms with E-state index in [0.29, 0.717) is 6.20 Å². The van der Waals surface area contributed by atoms with Crippen molar-refractivity contribution >= 4 is 17.6 Å². The Hall–Kier alpha value is -2.27. The van der Waals surface area contributed by atoms with Crippen LogP contribution in [-0.4, -0.2) is 45.2 Å². The summed E-state index contributed by atoms with van der Waals surface area (Å²) in [6.45, 7) is 0. The standard InChI is InChI=1S/C11H9F6N3O3/c1-19-5-2-4(8(21)22)7(10(12,13)14)20(6(5)3-18-19)9(23)11(15,16)17/h3-4,7H,2H2,1H3,(H,21,22)/t4-,7-/m0/s1. The maximum absolute atomic E-state index is 13.2. The number of carbonyl (C=O) groups is 2. The largest absolute Gasteiger partial charge is 0.481 e. The summed E-state index contributed by atoms with van der Waals surface area (Å²) in [7, 11) is 1.22. The van der Waals surface area contributed by atoms with Crippen LogP contribution in [0.3, 0.4) is 0 Å². The molecule has 6 nitrogen and oxygen atoms in total. The van der Waals surface area contributed by atoms with E-state index < -0.39 is 53.2 Å². The average molecular weight is 345 g/mol. The molecular formula is C11H9F6N3O3. The van der Waals surface area contributed by atoms with Crippen LogP contribution in [0.1, 0.15) is 5.69 Å². The molecule has 1 aliphatic rings. The molecule has 0 saturated carbocycles. The van der Waals surface area contributed by atoms with Gasteiger partial charge in [0.15, 0.2) is 0 Å². The predicted molar refractivity (Wildman–Crippen MR) is 61.4 cm³/mol. The molecule has 0 saturated heterocycles. The number of alkyl halides is 6. The highest BCUT2D eigenvalue weighted by atomic mass is 19.4. The first kappa shape index (κ1) is 17.1. The second kappa shape index (κ2) is 5.13. The van der Waals surface area contributed by atoms with Crippen molar-refractivity contribution in [3.05, 3.63) is 11.9 Å². The van der Waals surface area contributed by atoms with Crippen LogP contribution in [0.25, 0.3) is 0 Å². The van der Waals surface area contributed by atoms with Crippen LogP contribution in [0.2, 0.25) is 0 Å². The molecule has 2 rings (SSSR count). The topological polar surface area (TPSA) is 75.4 Å². The van der Waals surface area contributed by atoms with Gasteiger partial charge in [-0.2, -0.15) is 31.4 Å². The fourth-order valence-corrected chi connectivity index (χ4v) is 2.51. The number of carbonyl (C=O) groups excluding carboxylic acids is 1. The molecule has 0 radical (unpaired) electrons. The summed E-state index contributed by atoms with van der Waals surface area (Å²) in [5.74, 6) is -7.02. The number of aromatic nitrogens is 2. The molecule has 128 valence electrons. The monoisotopic (exact) mass is 345 g/mol. The average Bonchev–Trinajstić information content (AvgIpc) is 2.75. The fraction of sp³-hybridized carbons (Fsp3) is 0.545. The van der Waals surface area contributed by atoms with Gasteiger partial charge >= 0.3 is 24.2 Å². The van der Waals surface area contributed by atoms with Crippen LogP contribution in [0.15, 0.2) is 6.20 Å². The Balaban J connectivity index is 2.68. The number of aliphatic carboxylic acids is 1. The molecule has 1 aliphatic heterocycles. The summed E-state index contributed by atoms with van der Waals surface area (Å²) in [6.07, 6.45) is -11.0. The molecule has 2 atom stereocenters. The lowest BCUT2D eigenvalue weighted by molar-refractivity contribution is -0.189. The van der Waals surface area contributed by atoms with E-state index in [-0.39, 0.29) is 5.69 Å². The Morgan fingerprint density at radius 1 is 1.26 bits per heavy atom. The molecule has 0 bridgehead atoms. The van der Waals surface area contributed by atoms with Crippen LogP contribution in [-0.2, 0) is 23.1 Å². The molecule has 0 fully saturated rings. The van der Waals surface area contributed by atoms with Crippen molar-refractivity contribution in [2.45, 2.75) is 24.8 Å². The van der Waals surface area contributed by atoms with Gasteiger partial charge in [0, 0.05) is 13.5 Å². The number of nitrogens with zero attached hydrogens (tertiary/aromatic N) is 3. The summed E-state index contributed by atoms with van der Waals surface area (Å²) in [4.78, 5) is 22.0. The lowest BCUT2D eigenvalue weighted by atomic mass is 9.87. The van der Waals surface area contributed by atoms with Crippen molar-refractivity contribution in [2.24, 2.45) is 13.0 Å². The van der Waals surface area contributed by atoms with Crippen molar-refractivity contribution in [2.75, 3.05) is 4.90 Å². The highest BCUT2D eigenvalue weighted by Crippen LogP contribution is 2.42. The number of fused-ring (bicyclic) bond motifs is 1. The first-order valence-electron chi connectivity index (χ1n) is 6.06. The number of hydrogen-bond acceptors (Lipinski definition) is 3. The Bertz CT molecular complexity index is 650. The first-order valence-corrected chi connectivity index (χ1v) is 6.06. The summed E-state index contributed by atoms with van der Waals surface area (Å²) >= 11 is 0. The maximum Gasteiger partial charge on any atom is 0.471 e. The van der Waals surface area contributed by atoms with E-state index in [1.54, 1.807) is 0 Å². The summed E-state index contributed by atoms with van der Waals surface area (Å²) in [6, 6.07) is -3.13. The third-order valence-electron chi connectivity index (χ3n) is 3.49. The molecule has 1 amide bonds. The van der Waals surface area contributed by atoms with E-state index in [1.807, 2.05) is 0 Å². The zero-order valence-corrected chi connectivity index (χ0v) is 11.3. The lowest BCUT2D eigenvalue weighted by Gasteiger charge is -2.40. The van der Waals surface area contributed by atoms with E-state index in [1.165, 1.54) is 7.05 Å². The molecule has 23 heavy (non-hydrogen) atoms. The lowest BCUT2D eigenvalue weighted by Crippen LogP contribution is -2.60. The quantitative estimate of drug-likeness (QED) is 0.783. The first-order chi connectivity index (χ1) is 10.4. The van der Waals surface area contributed by atoms with Crippen molar-refractivity contribution < 1.29 is 41.0 Å². The van der Waals surface area contributed by atoms with E-state index in [4.69, 9.17) is 5.11 Å². The minimum atomic E-state index is -5.60. The van der Waals surface area contributed by atoms with Crippen LogP contribution in [0.5, 0.6) is 0 Å². The van der Waals surface area contributed by atoms with Crippen LogP contribution >= 0.6 is 0 Å². The fourth-order valence-electron chi connectivity index (χ4n) is 2.51. The van der Waals surface area contributed by atoms with Crippen molar-refractivity contribution in [3.63, 3.8) is 0 Å².